The lowest BCUT2D eigenvalue weighted by molar-refractivity contribution is -0.138. The summed E-state index contributed by atoms with van der Waals surface area (Å²) in [6, 6.07) is 0.601. The van der Waals surface area contributed by atoms with Crippen molar-refractivity contribution in [2.24, 2.45) is 5.73 Å². The number of carbonyl (C=O) groups is 1. The molecule has 0 saturated carbocycles. The predicted octanol–water partition coefficient (Wildman–Crippen LogP) is 1.87. The zero-order valence-corrected chi connectivity index (χ0v) is 11.5. The number of aliphatic carboxylic acids is 1. The summed E-state index contributed by atoms with van der Waals surface area (Å²) in [5, 5.41) is 9.04. The van der Waals surface area contributed by atoms with Crippen molar-refractivity contribution in [2.75, 3.05) is 13.2 Å². The molecule has 1 unspecified atom stereocenters. The quantitative estimate of drug-likeness (QED) is 0.889. The second kappa shape index (κ2) is 5.16. The van der Waals surface area contributed by atoms with Crippen molar-refractivity contribution in [3.63, 3.8) is 0 Å². The van der Waals surface area contributed by atoms with Crippen LogP contribution in [0.1, 0.15) is 24.1 Å². The van der Waals surface area contributed by atoms with Crippen molar-refractivity contribution in [3.8, 4) is 11.5 Å². The summed E-state index contributed by atoms with van der Waals surface area (Å²) in [6.45, 7) is 2.87. The smallest absolute Gasteiger partial charge is 0.325 e. The molecule has 0 fully saturated rings. The molecular weight excluding hydrogens is 302 g/mol. The third kappa shape index (κ3) is 2.18. The van der Waals surface area contributed by atoms with Gasteiger partial charge in [0.2, 0.25) is 0 Å². The third-order valence-electron chi connectivity index (χ3n) is 2.87. The summed E-state index contributed by atoms with van der Waals surface area (Å²) in [5.41, 5.74) is 7.10. The molecule has 1 aliphatic rings. The Hall–Kier alpha value is -1.27. The first kappa shape index (κ1) is 13.2. The fourth-order valence-electron chi connectivity index (χ4n) is 1.97. The van der Waals surface area contributed by atoms with Crippen molar-refractivity contribution >= 4 is 21.9 Å². The van der Waals surface area contributed by atoms with Gasteiger partial charge in [-0.3, -0.25) is 4.79 Å². The first-order chi connectivity index (χ1) is 8.56. The van der Waals surface area contributed by atoms with E-state index in [9.17, 15) is 4.79 Å². The predicted molar refractivity (Wildman–Crippen MR) is 69.1 cm³/mol. The summed E-state index contributed by atoms with van der Waals surface area (Å²) in [5.74, 6) is 0.102. The van der Waals surface area contributed by atoms with E-state index in [4.69, 9.17) is 20.3 Å². The number of hydrogen-bond acceptors (Lipinski definition) is 4. The summed E-state index contributed by atoms with van der Waals surface area (Å²) in [4.78, 5) is 11.0. The van der Waals surface area contributed by atoms with E-state index in [1.165, 1.54) is 0 Å². The number of ether oxygens (including phenoxy) is 2. The molecule has 1 aromatic carbocycles. The van der Waals surface area contributed by atoms with E-state index in [2.05, 4.69) is 15.9 Å². The summed E-state index contributed by atoms with van der Waals surface area (Å²) in [6.07, 6.45) is 0.660. The van der Waals surface area contributed by atoms with Crippen LogP contribution in [0.4, 0.5) is 0 Å². The van der Waals surface area contributed by atoms with Gasteiger partial charge in [-0.25, -0.2) is 0 Å². The van der Waals surface area contributed by atoms with Gasteiger partial charge in [0.25, 0.3) is 0 Å². The number of halogens is 1. The molecule has 0 aromatic heterocycles. The average molecular weight is 316 g/mol. The molecule has 0 radical (unpaired) electrons. The molecule has 1 aromatic rings. The highest BCUT2D eigenvalue weighted by Crippen LogP contribution is 2.43. The topological polar surface area (TPSA) is 81.8 Å². The van der Waals surface area contributed by atoms with E-state index in [0.29, 0.717) is 36.7 Å². The Morgan fingerprint density at radius 2 is 2.22 bits per heavy atom. The molecule has 1 heterocycles. The van der Waals surface area contributed by atoms with Gasteiger partial charge in [0, 0.05) is 0 Å². The Kier molecular flexibility index (Phi) is 3.77. The Balaban J connectivity index is 2.58. The normalized spacial score (nSPS) is 15.3. The SMILES string of the molecule is CCc1c(C(N)C(=O)O)cc2c(c1Br)OCCO2. The lowest BCUT2D eigenvalue weighted by Crippen LogP contribution is -2.24. The Labute approximate surface area is 113 Å². The standard InChI is InChI=1S/C12H14BrNO4/c1-2-6-7(10(14)12(15)16)5-8-11(9(6)13)18-4-3-17-8/h5,10H,2-4,14H2,1H3,(H,15,16). The van der Waals surface area contributed by atoms with Crippen LogP contribution in [0, 0.1) is 0 Å². The monoisotopic (exact) mass is 315 g/mol. The van der Waals surface area contributed by atoms with E-state index in [1.54, 1.807) is 6.07 Å². The lowest BCUT2D eigenvalue weighted by atomic mass is 9.98. The van der Waals surface area contributed by atoms with Crippen LogP contribution in [-0.2, 0) is 11.2 Å². The second-order valence-electron chi connectivity index (χ2n) is 3.95. The molecule has 2 rings (SSSR count). The molecule has 0 bridgehead atoms. The summed E-state index contributed by atoms with van der Waals surface area (Å²) < 4.78 is 11.7. The molecule has 3 N–H and O–H groups in total. The van der Waals surface area contributed by atoms with Crippen molar-refractivity contribution in [3.05, 3.63) is 21.7 Å². The molecule has 98 valence electrons. The molecule has 0 spiro atoms. The first-order valence-electron chi connectivity index (χ1n) is 5.65. The minimum Gasteiger partial charge on any atom is -0.486 e. The maximum atomic E-state index is 11.0. The number of carboxylic acids is 1. The highest BCUT2D eigenvalue weighted by atomic mass is 79.9. The average Bonchev–Trinajstić information content (AvgIpc) is 2.37. The van der Waals surface area contributed by atoms with Gasteiger partial charge in [0.15, 0.2) is 11.5 Å². The number of fused-ring (bicyclic) bond motifs is 1. The summed E-state index contributed by atoms with van der Waals surface area (Å²) >= 11 is 3.44. The highest BCUT2D eigenvalue weighted by Gasteiger charge is 2.25. The highest BCUT2D eigenvalue weighted by molar-refractivity contribution is 9.10. The van der Waals surface area contributed by atoms with Crippen molar-refractivity contribution in [1.82, 2.24) is 0 Å². The fourth-order valence-corrected chi connectivity index (χ4v) is 2.79. The molecule has 0 saturated heterocycles. The van der Waals surface area contributed by atoms with Gasteiger partial charge in [-0.15, -0.1) is 0 Å². The zero-order valence-electron chi connectivity index (χ0n) is 9.90. The minimum atomic E-state index is -1.06. The van der Waals surface area contributed by atoms with Gasteiger partial charge in [-0.2, -0.15) is 0 Å². The van der Waals surface area contributed by atoms with Crippen LogP contribution in [0.5, 0.6) is 11.5 Å². The molecule has 0 amide bonds. The first-order valence-corrected chi connectivity index (χ1v) is 6.44. The third-order valence-corrected chi connectivity index (χ3v) is 3.70. The number of hydrogen-bond donors (Lipinski definition) is 2. The number of rotatable bonds is 3. The lowest BCUT2D eigenvalue weighted by Gasteiger charge is -2.24. The van der Waals surface area contributed by atoms with Crippen LogP contribution >= 0.6 is 15.9 Å². The maximum absolute atomic E-state index is 11.0. The van der Waals surface area contributed by atoms with Crippen LogP contribution in [0.25, 0.3) is 0 Å². The molecule has 0 aliphatic carbocycles. The van der Waals surface area contributed by atoms with Crippen molar-refractivity contribution in [2.45, 2.75) is 19.4 Å². The molecule has 6 heteroatoms. The minimum absolute atomic E-state index is 0.451. The van der Waals surface area contributed by atoms with Crippen molar-refractivity contribution < 1.29 is 19.4 Å². The van der Waals surface area contributed by atoms with Crippen molar-refractivity contribution in [1.29, 1.82) is 0 Å². The summed E-state index contributed by atoms with van der Waals surface area (Å²) in [7, 11) is 0. The van der Waals surface area contributed by atoms with E-state index < -0.39 is 12.0 Å². The van der Waals surface area contributed by atoms with Gasteiger partial charge in [-0.1, -0.05) is 6.92 Å². The van der Waals surface area contributed by atoms with Gasteiger partial charge in [0.1, 0.15) is 19.3 Å². The van der Waals surface area contributed by atoms with E-state index in [1.807, 2.05) is 6.92 Å². The van der Waals surface area contributed by atoms with Crippen LogP contribution in [0.2, 0.25) is 0 Å². The van der Waals surface area contributed by atoms with Gasteiger partial charge in [-0.05, 0) is 39.5 Å². The molecule has 1 atom stereocenters. The zero-order chi connectivity index (χ0) is 13.3. The number of carboxylic acid groups (broad SMARTS) is 1. The fraction of sp³-hybridized carbons (Fsp3) is 0.417. The van der Waals surface area contributed by atoms with Gasteiger partial charge < -0.3 is 20.3 Å². The van der Waals surface area contributed by atoms with Gasteiger partial charge in [0.05, 0.1) is 4.47 Å². The molecule has 1 aliphatic heterocycles. The van der Waals surface area contributed by atoms with Crippen LogP contribution in [-0.4, -0.2) is 24.3 Å². The Morgan fingerprint density at radius 1 is 1.56 bits per heavy atom. The van der Waals surface area contributed by atoms with E-state index in [0.717, 1.165) is 10.0 Å². The van der Waals surface area contributed by atoms with Crippen LogP contribution in [0.3, 0.4) is 0 Å². The number of nitrogens with two attached hydrogens (primary N) is 1. The second-order valence-corrected chi connectivity index (χ2v) is 4.74. The van der Waals surface area contributed by atoms with E-state index in [-0.39, 0.29) is 0 Å². The molecule has 5 nitrogen and oxygen atoms in total. The maximum Gasteiger partial charge on any atom is 0.325 e. The Bertz CT molecular complexity index is 489. The Morgan fingerprint density at radius 3 is 2.83 bits per heavy atom. The van der Waals surface area contributed by atoms with E-state index >= 15 is 0 Å². The number of benzene rings is 1. The largest absolute Gasteiger partial charge is 0.486 e. The molecule has 18 heavy (non-hydrogen) atoms. The van der Waals surface area contributed by atoms with Crippen LogP contribution in [0.15, 0.2) is 10.5 Å². The van der Waals surface area contributed by atoms with Gasteiger partial charge >= 0.3 is 5.97 Å². The molecular formula is C12H14BrNO4. The van der Waals surface area contributed by atoms with Crippen LogP contribution < -0.4 is 15.2 Å².